The molecule has 0 saturated carbocycles. The average molecular weight is 349 g/mol. The monoisotopic (exact) mass is 349 g/mol. The van der Waals surface area contributed by atoms with Crippen LogP contribution in [0, 0.1) is 0 Å². The second-order valence-corrected chi connectivity index (χ2v) is 6.84. The zero-order chi connectivity index (χ0) is 19.0. The van der Waals surface area contributed by atoms with E-state index in [0.717, 1.165) is 23.4 Å². The molecule has 132 valence electrons. The molecule has 1 unspecified atom stereocenters. The van der Waals surface area contributed by atoms with Crippen LogP contribution in [0.1, 0.15) is 16.7 Å². The molecule has 1 aliphatic heterocycles. The lowest BCUT2D eigenvalue weighted by Gasteiger charge is -2.47. The summed E-state index contributed by atoms with van der Waals surface area (Å²) < 4.78 is 0. The summed E-state index contributed by atoms with van der Waals surface area (Å²) in [7, 11) is 0. The number of benzene rings is 2. The zero-order valence-corrected chi connectivity index (χ0v) is 15.5. The Morgan fingerprint density at radius 3 is 2.07 bits per heavy atom. The number of para-hydroxylation sites is 1. The van der Waals surface area contributed by atoms with Gasteiger partial charge in [0.25, 0.3) is 0 Å². The summed E-state index contributed by atoms with van der Waals surface area (Å²) in [6.07, 6.45) is 8.63. The second kappa shape index (κ2) is 6.44. The fourth-order valence-corrected chi connectivity index (χ4v) is 4.68. The first kappa shape index (κ1) is 17.1. The van der Waals surface area contributed by atoms with Gasteiger partial charge in [-0.1, -0.05) is 87.0 Å². The highest BCUT2D eigenvalue weighted by Gasteiger charge is 2.48. The van der Waals surface area contributed by atoms with E-state index in [4.69, 9.17) is 0 Å². The lowest BCUT2D eigenvalue weighted by molar-refractivity contribution is 0.692. The predicted octanol–water partition coefficient (Wildman–Crippen LogP) is 6.25. The normalized spacial score (nSPS) is 20.4. The lowest BCUT2D eigenvalue weighted by Crippen LogP contribution is -2.40. The third-order valence-electron chi connectivity index (χ3n) is 5.71. The summed E-state index contributed by atoms with van der Waals surface area (Å²) in [6.45, 7) is 16.5. The highest BCUT2D eigenvalue weighted by Crippen LogP contribution is 2.56. The Hall–Kier alpha value is -3.32. The summed E-state index contributed by atoms with van der Waals surface area (Å²) in [4.78, 5) is 0. The molecule has 1 spiro atoms. The molecule has 0 amide bonds. The minimum Gasteiger partial charge on any atom is -0.355 e. The van der Waals surface area contributed by atoms with Crippen LogP contribution >= 0.6 is 0 Å². The highest BCUT2D eigenvalue weighted by atomic mass is 14.9. The predicted molar refractivity (Wildman–Crippen MR) is 116 cm³/mol. The van der Waals surface area contributed by atoms with E-state index in [1.54, 1.807) is 0 Å². The maximum Gasteiger partial charge on any atom is 0.0747 e. The molecule has 0 saturated heterocycles. The van der Waals surface area contributed by atoms with E-state index in [1.807, 2.05) is 24.3 Å². The van der Waals surface area contributed by atoms with Gasteiger partial charge in [0.1, 0.15) is 0 Å². The van der Waals surface area contributed by atoms with Gasteiger partial charge >= 0.3 is 0 Å². The van der Waals surface area contributed by atoms with Crippen LogP contribution in [-0.2, 0) is 11.8 Å². The molecule has 0 radical (unpaired) electrons. The molecule has 2 aliphatic rings. The van der Waals surface area contributed by atoms with E-state index in [-0.39, 0.29) is 0 Å². The van der Waals surface area contributed by atoms with Crippen molar-refractivity contribution >= 4 is 5.69 Å². The zero-order valence-electron chi connectivity index (χ0n) is 15.5. The first-order valence-corrected chi connectivity index (χ1v) is 9.15. The summed E-state index contributed by atoms with van der Waals surface area (Å²) in [5, 5.41) is 3.54. The second-order valence-electron chi connectivity index (χ2n) is 6.84. The van der Waals surface area contributed by atoms with Crippen LogP contribution in [0.4, 0.5) is 5.69 Å². The topological polar surface area (TPSA) is 12.0 Å². The van der Waals surface area contributed by atoms with Crippen LogP contribution < -0.4 is 5.32 Å². The fraction of sp³-hybridized carbons (Fsp3) is 0.0769. The van der Waals surface area contributed by atoms with Gasteiger partial charge in [0.15, 0.2) is 0 Å². The van der Waals surface area contributed by atoms with Gasteiger partial charge in [0.2, 0.25) is 0 Å². The van der Waals surface area contributed by atoms with Gasteiger partial charge in [-0.2, -0.15) is 0 Å². The van der Waals surface area contributed by atoms with Crippen molar-refractivity contribution in [1.29, 1.82) is 0 Å². The molecule has 1 N–H and O–H groups in total. The van der Waals surface area contributed by atoms with Gasteiger partial charge in [-0.05, 0) is 52.0 Å². The number of rotatable bonds is 4. The Morgan fingerprint density at radius 1 is 0.741 bits per heavy atom. The molecule has 1 nitrogen and oxygen atoms in total. The van der Waals surface area contributed by atoms with E-state index in [2.05, 4.69) is 80.2 Å². The Labute approximate surface area is 161 Å². The summed E-state index contributed by atoms with van der Waals surface area (Å²) in [5.74, 6) is 0. The third kappa shape index (κ3) is 2.18. The largest absolute Gasteiger partial charge is 0.355 e. The molecule has 2 aromatic carbocycles. The fourth-order valence-electron chi connectivity index (χ4n) is 4.68. The van der Waals surface area contributed by atoms with Crippen molar-refractivity contribution in [3.8, 4) is 0 Å². The summed E-state index contributed by atoms with van der Waals surface area (Å²) in [5.41, 5.74) is 8.81. The highest BCUT2D eigenvalue weighted by molar-refractivity contribution is 5.79. The number of allylic oxidation sites excluding steroid dienone is 7. The van der Waals surface area contributed by atoms with Crippen molar-refractivity contribution in [2.75, 3.05) is 5.32 Å². The molecule has 4 rings (SSSR count). The Morgan fingerprint density at radius 2 is 1.41 bits per heavy atom. The van der Waals surface area contributed by atoms with Crippen LogP contribution in [-0.4, -0.2) is 0 Å². The smallest absolute Gasteiger partial charge is 0.0747 e. The molecule has 27 heavy (non-hydrogen) atoms. The first-order chi connectivity index (χ1) is 13.2. The van der Waals surface area contributed by atoms with E-state index >= 15 is 0 Å². The van der Waals surface area contributed by atoms with Crippen molar-refractivity contribution < 1.29 is 0 Å². The first-order valence-electron chi connectivity index (χ1n) is 9.15. The molecule has 1 heteroatoms. The molecular formula is C26H23N. The minimum absolute atomic E-state index is 0.479. The van der Waals surface area contributed by atoms with Crippen LogP contribution in [0.15, 0.2) is 122 Å². The number of nitrogens with one attached hydrogen (secondary N) is 1. The quantitative estimate of drug-likeness (QED) is 0.688. The molecule has 0 fully saturated rings. The van der Waals surface area contributed by atoms with Gasteiger partial charge in [-0.25, -0.2) is 0 Å². The third-order valence-corrected chi connectivity index (χ3v) is 5.71. The summed E-state index contributed by atoms with van der Waals surface area (Å²) in [6, 6.07) is 17.1. The SMILES string of the molecule is C=CC1=C(C=C)C2(C(C=C)=C(C=C)Nc3ccccc32)c2ccccc2C1. The Kier molecular flexibility index (Phi) is 4.08. The molecule has 0 aromatic heterocycles. The van der Waals surface area contributed by atoms with E-state index in [1.165, 1.54) is 27.8 Å². The van der Waals surface area contributed by atoms with Gasteiger partial charge in [0.05, 0.1) is 5.41 Å². The van der Waals surface area contributed by atoms with Crippen molar-refractivity contribution in [3.63, 3.8) is 0 Å². The van der Waals surface area contributed by atoms with Crippen molar-refractivity contribution in [1.82, 2.24) is 0 Å². The Balaban J connectivity index is 2.27. The Bertz CT molecular complexity index is 960. The van der Waals surface area contributed by atoms with Crippen molar-refractivity contribution in [2.24, 2.45) is 0 Å². The summed E-state index contributed by atoms with van der Waals surface area (Å²) >= 11 is 0. The number of anilines is 1. The molecule has 2 aromatic rings. The maximum atomic E-state index is 4.19. The average Bonchev–Trinajstić information content (AvgIpc) is 2.73. The molecule has 1 atom stereocenters. The van der Waals surface area contributed by atoms with Crippen LogP contribution in [0.5, 0.6) is 0 Å². The number of hydrogen-bond donors (Lipinski definition) is 1. The van der Waals surface area contributed by atoms with Crippen molar-refractivity contribution in [2.45, 2.75) is 11.8 Å². The van der Waals surface area contributed by atoms with Crippen LogP contribution in [0.3, 0.4) is 0 Å². The standard InChI is InChI=1S/C26H23N/c1-5-18-17-19-13-9-10-14-22(19)26(20(18)6-2)21(7-3)24(8-4)27-25-16-12-11-15-23(25)26/h5-16,27H,1-4,17H2. The molecule has 1 aliphatic carbocycles. The van der Waals surface area contributed by atoms with Crippen LogP contribution in [0.25, 0.3) is 0 Å². The number of fused-ring (bicyclic) bond motifs is 4. The van der Waals surface area contributed by atoms with Gasteiger partial charge in [-0.15, -0.1) is 0 Å². The van der Waals surface area contributed by atoms with Gasteiger partial charge < -0.3 is 5.32 Å². The van der Waals surface area contributed by atoms with E-state index < -0.39 is 5.41 Å². The minimum atomic E-state index is -0.479. The number of hydrogen-bond acceptors (Lipinski definition) is 1. The molecule has 1 heterocycles. The van der Waals surface area contributed by atoms with Gasteiger partial charge in [0, 0.05) is 11.4 Å². The van der Waals surface area contributed by atoms with Crippen LogP contribution in [0.2, 0.25) is 0 Å². The van der Waals surface area contributed by atoms with E-state index in [9.17, 15) is 0 Å². The van der Waals surface area contributed by atoms with Gasteiger partial charge in [-0.3, -0.25) is 0 Å². The lowest BCUT2D eigenvalue weighted by atomic mass is 9.57. The van der Waals surface area contributed by atoms with E-state index in [0.29, 0.717) is 0 Å². The maximum absolute atomic E-state index is 4.19. The van der Waals surface area contributed by atoms with Crippen molar-refractivity contribution in [3.05, 3.63) is 138 Å². The molecule has 0 bridgehead atoms. The molecular weight excluding hydrogens is 326 g/mol.